The highest BCUT2D eigenvalue weighted by molar-refractivity contribution is 9.10. The highest BCUT2D eigenvalue weighted by atomic mass is 79.9. The Morgan fingerprint density at radius 3 is 2.71 bits per heavy atom. The van der Waals surface area contributed by atoms with Crippen LogP contribution >= 0.6 is 27.7 Å². The first-order valence-corrected chi connectivity index (χ1v) is 7.72. The van der Waals surface area contributed by atoms with Gasteiger partial charge >= 0.3 is 0 Å². The molecule has 0 bridgehead atoms. The number of carbonyl (C=O) groups is 1. The number of thioether (sulfide) groups is 1. The average molecular weight is 316 g/mol. The third-order valence-electron chi connectivity index (χ3n) is 2.73. The largest absolute Gasteiger partial charge is 0.295 e. The number of rotatable bonds is 6. The molecule has 1 aromatic rings. The van der Waals surface area contributed by atoms with Crippen LogP contribution < -0.4 is 0 Å². The van der Waals surface area contributed by atoms with Gasteiger partial charge in [-0.25, -0.2) is 0 Å². The molecule has 17 heavy (non-hydrogen) atoms. The van der Waals surface area contributed by atoms with E-state index in [2.05, 4.69) is 34.0 Å². The van der Waals surface area contributed by atoms with E-state index < -0.39 is 0 Å². The van der Waals surface area contributed by atoms with E-state index in [0.29, 0.717) is 12.6 Å². The van der Waals surface area contributed by atoms with Gasteiger partial charge in [-0.2, -0.15) is 11.8 Å². The molecule has 0 saturated heterocycles. The zero-order chi connectivity index (χ0) is 12.8. The van der Waals surface area contributed by atoms with Crippen molar-refractivity contribution < 1.29 is 4.79 Å². The number of halogens is 1. The van der Waals surface area contributed by atoms with Crippen LogP contribution in [0.1, 0.15) is 17.3 Å². The minimum absolute atomic E-state index is 0.160. The molecular weight excluding hydrogens is 298 g/mol. The van der Waals surface area contributed by atoms with Crippen molar-refractivity contribution in [3.63, 3.8) is 0 Å². The lowest BCUT2D eigenvalue weighted by Crippen LogP contribution is -2.35. The molecule has 0 aliphatic heterocycles. The van der Waals surface area contributed by atoms with Gasteiger partial charge in [0.15, 0.2) is 5.78 Å². The van der Waals surface area contributed by atoms with Crippen molar-refractivity contribution in [1.82, 2.24) is 4.90 Å². The van der Waals surface area contributed by atoms with Gasteiger partial charge in [-0.1, -0.05) is 34.1 Å². The van der Waals surface area contributed by atoms with Gasteiger partial charge in [-0.3, -0.25) is 9.69 Å². The summed E-state index contributed by atoms with van der Waals surface area (Å²) >= 11 is 5.21. The molecule has 1 rings (SSSR count). The minimum Gasteiger partial charge on any atom is -0.295 e. The summed E-state index contributed by atoms with van der Waals surface area (Å²) < 4.78 is 0.871. The summed E-state index contributed by atoms with van der Waals surface area (Å²) in [6.07, 6.45) is 2.08. The van der Waals surface area contributed by atoms with E-state index in [-0.39, 0.29) is 5.78 Å². The van der Waals surface area contributed by atoms with Crippen LogP contribution in [-0.2, 0) is 0 Å². The molecule has 0 radical (unpaired) electrons. The van der Waals surface area contributed by atoms with Crippen LogP contribution in [-0.4, -0.2) is 42.3 Å². The predicted molar refractivity (Wildman–Crippen MR) is 78.9 cm³/mol. The SMILES string of the molecule is CSCC(C)N(C)CC(=O)c1ccccc1Br. The normalized spacial score (nSPS) is 12.8. The van der Waals surface area contributed by atoms with Crippen LogP contribution in [0.4, 0.5) is 0 Å². The maximum Gasteiger partial charge on any atom is 0.177 e. The van der Waals surface area contributed by atoms with Crippen LogP contribution in [0.2, 0.25) is 0 Å². The third-order valence-corrected chi connectivity index (χ3v) is 4.23. The van der Waals surface area contributed by atoms with Crippen molar-refractivity contribution in [2.24, 2.45) is 0 Å². The average Bonchev–Trinajstić information content (AvgIpc) is 2.29. The molecule has 94 valence electrons. The summed E-state index contributed by atoms with van der Waals surface area (Å²) in [6, 6.07) is 7.99. The zero-order valence-electron chi connectivity index (χ0n) is 10.4. The minimum atomic E-state index is 0.160. The van der Waals surface area contributed by atoms with Gasteiger partial charge < -0.3 is 0 Å². The number of nitrogens with zero attached hydrogens (tertiary/aromatic N) is 1. The molecule has 1 atom stereocenters. The molecule has 0 saturated carbocycles. The molecule has 4 heteroatoms. The van der Waals surface area contributed by atoms with Crippen LogP contribution in [0.15, 0.2) is 28.7 Å². The first-order chi connectivity index (χ1) is 8.06. The van der Waals surface area contributed by atoms with Gasteiger partial charge in [-0.15, -0.1) is 0 Å². The molecule has 0 amide bonds. The number of hydrogen-bond acceptors (Lipinski definition) is 3. The maximum absolute atomic E-state index is 12.1. The van der Waals surface area contributed by atoms with Crippen molar-refractivity contribution in [1.29, 1.82) is 0 Å². The molecule has 2 nitrogen and oxygen atoms in total. The summed E-state index contributed by atoms with van der Waals surface area (Å²) in [6.45, 7) is 2.61. The Hall–Kier alpha value is -0.320. The first kappa shape index (κ1) is 14.7. The Morgan fingerprint density at radius 1 is 1.47 bits per heavy atom. The molecule has 0 heterocycles. The van der Waals surface area contributed by atoms with Gasteiger partial charge in [0, 0.05) is 21.8 Å². The second kappa shape index (κ2) is 7.19. The van der Waals surface area contributed by atoms with Crippen LogP contribution in [0, 0.1) is 0 Å². The van der Waals surface area contributed by atoms with E-state index >= 15 is 0 Å². The summed E-state index contributed by atoms with van der Waals surface area (Å²) in [7, 11) is 2.00. The fraction of sp³-hybridized carbons (Fsp3) is 0.462. The molecule has 0 aliphatic carbocycles. The van der Waals surface area contributed by atoms with Crippen molar-refractivity contribution in [3.8, 4) is 0 Å². The topological polar surface area (TPSA) is 20.3 Å². The maximum atomic E-state index is 12.1. The number of carbonyl (C=O) groups excluding carboxylic acids is 1. The Balaban J connectivity index is 2.64. The second-order valence-electron chi connectivity index (χ2n) is 4.12. The smallest absolute Gasteiger partial charge is 0.177 e. The van der Waals surface area contributed by atoms with E-state index in [4.69, 9.17) is 0 Å². The molecule has 0 N–H and O–H groups in total. The summed E-state index contributed by atoms with van der Waals surface area (Å²) in [5.74, 6) is 1.20. The molecule has 0 spiro atoms. The van der Waals surface area contributed by atoms with Gasteiger partial charge in [-0.05, 0) is 26.3 Å². The fourth-order valence-corrected chi connectivity index (χ4v) is 2.77. The number of hydrogen-bond donors (Lipinski definition) is 0. The lowest BCUT2D eigenvalue weighted by Gasteiger charge is -2.23. The zero-order valence-corrected chi connectivity index (χ0v) is 12.8. The number of benzene rings is 1. The lowest BCUT2D eigenvalue weighted by atomic mass is 10.1. The Bertz CT molecular complexity index is 383. The van der Waals surface area contributed by atoms with Crippen LogP contribution in [0.5, 0.6) is 0 Å². The van der Waals surface area contributed by atoms with E-state index in [1.807, 2.05) is 31.3 Å². The van der Waals surface area contributed by atoms with Crippen molar-refractivity contribution in [3.05, 3.63) is 34.3 Å². The Morgan fingerprint density at radius 2 is 2.12 bits per heavy atom. The van der Waals surface area contributed by atoms with Crippen LogP contribution in [0.25, 0.3) is 0 Å². The van der Waals surface area contributed by atoms with Crippen molar-refractivity contribution >= 4 is 33.5 Å². The van der Waals surface area contributed by atoms with Gasteiger partial charge in [0.1, 0.15) is 0 Å². The highest BCUT2D eigenvalue weighted by Gasteiger charge is 2.15. The number of Topliss-reactive ketones (excluding diaryl/α,β-unsaturated/α-hetero) is 1. The molecule has 0 aromatic heterocycles. The first-order valence-electron chi connectivity index (χ1n) is 5.53. The fourth-order valence-electron chi connectivity index (χ4n) is 1.52. The molecule has 0 aliphatic rings. The van der Waals surface area contributed by atoms with E-state index in [9.17, 15) is 4.79 Å². The van der Waals surface area contributed by atoms with E-state index in [0.717, 1.165) is 15.8 Å². The van der Waals surface area contributed by atoms with Crippen molar-refractivity contribution in [2.75, 3.05) is 25.6 Å². The monoisotopic (exact) mass is 315 g/mol. The molecule has 1 aromatic carbocycles. The van der Waals surface area contributed by atoms with Gasteiger partial charge in [0.05, 0.1) is 6.54 Å². The Kier molecular flexibility index (Phi) is 6.23. The molecule has 0 fully saturated rings. The highest BCUT2D eigenvalue weighted by Crippen LogP contribution is 2.17. The lowest BCUT2D eigenvalue weighted by molar-refractivity contribution is 0.0930. The Labute approximate surface area is 116 Å². The molecular formula is C13H18BrNOS. The van der Waals surface area contributed by atoms with E-state index in [1.54, 1.807) is 11.8 Å². The second-order valence-corrected chi connectivity index (χ2v) is 5.89. The van der Waals surface area contributed by atoms with E-state index in [1.165, 1.54) is 0 Å². The standard InChI is InChI=1S/C13H18BrNOS/c1-10(9-17-3)15(2)8-13(16)11-6-4-5-7-12(11)14/h4-7,10H,8-9H2,1-3H3. The molecule has 1 unspecified atom stereocenters. The number of likely N-dealkylation sites (N-methyl/N-ethyl adjacent to an activating group) is 1. The van der Waals surface area contributed by atoms with Crippen molar-refractivity contribution in [2.45, 2.75) is 13.0 Å². The third kappa shape index (κ3) is 4.45. The van der Waals surface area contributed by atoms with Gasteiger partial charge in [0.25, 0.3) is 0 Å². The summed E-state index contributed by atoms with van der Waals surface area (Å²) in [4.78, 5) is 14.2. The van der Waals surface area contributed by atoms with Crippen LogP contribution in [0.3, 0.4) is 0 Å². The summed E-state index contributed by atoms with van der Waals surface area (Å²) in [5, 5.41) is 0. The number of ketones is 1. The predicted octanol–water partition coefficient (Wildman–Crippen LogP) is 3.32. The quantitative estimate of drug-likeness (QED) is 0.751. The summed E-state index contributed by atoms with van der Waals surface area (Å²) in [5.41, 5.74) is 0.760. The van der Waals surface area contributed by atoms with Gasteiger partial charge in [0.2, 0.25) is 0 Å².